The van der Waals surface area contributed by atoms with E-state index in [1.54, 1.807) is 0 Å². The lowest BCUT2D eigenvalue weighted by molar-refractivity contribution is 0.669. The molecule has 2 aromatic heterocycles. The molecule has 0 saturated heterocycles. The number of rotatable bonds is 3. The van der Waals surface area contributed by atoms with Crippen molar-refractivity contribution in [1.82, 2.24) is 0 Å². The predicted octanol–water partition coefficient (Wildman–Crippen LogP) is 12.2. The SMILES string of the molecule is c1ccc(N(c2ccc3c(c2)-c2cccc4oc5ccc6cccc-3c6c5c24)c2ccc3sc4ccccc4c3c2)cc1. The highest BCUT2D eigenvalue weighted by molar-refractivity contribution is 7.25. The zero-order valence-electron chi connectivity index (χ0n) is 23.0. The van der Waals surface area contributed by atoms with E-state index < -0.39 is 0 Å². The Kier molecular flexibility index (Phi) is 4.63. The van der Waals surface area contributed by atoms with E-state index in [1.807, 2.05) is 11.3 Å². The minimum atomic E-state index is 0.933. The van der Waals surface area contributed by atoms with Crippen molar-refractivity contribution in [3.63, 3.8) is 0 Å². The first-order valence-electron chi connectivity index (χ1n) is 14.6. The Morgan fingerprint density at radius 3 is 2.09 bits per heavy atom. The second kappa shape index (κ2) is 8.57. The van der Waals surface area contributed by atoms with Gasteiger partial charge in [0.25, 0.3) is 0 Å². The molecule has 1 aliphatic rings. The third-order valence-electron chi connectivity index (χ3n) is 8.98. The number of benzene rings is 7. The summed E-state index contributed by atoms with van der Waals surface area (Å²) in [5, 5.41) is 7.52. The zero-order chi connectivity index (χ0) is 28.1. The summed E-state index contributed by atoms with van der Waals surface area (Å²) in [6.45, 7) is 0. The standard InChI is InChI=1S/C40H23NOS/c1-2-9-25(10-3-1)41(27-18-21-37-33(23-27)29-11-4-5-15-36(29)43-37)26-17-19-28-30-12-6-8-24-16-20-35-40(38(24)30)39-31(32(28)22-26)13-7-14-34(39)42-35/h1-23H. The number of hydrogen-bond acceptors (Lipinski definition) is 3. The van der Waals surface area contributed by atoms with Gasteiger partial charge in [0.05, 0.1) is 0 Å². The number of fused-ring (bicyclic) bond motifs is 6. The highest BCUT2D eigenvalue weighted by Crippen LogP contribution is 2.50. The van der Waals surface area contributed by atoms with E-state index in [0.717, 1.165) is 28.2 Å². The van der Waals surface area contributed by atoms with Crippen LogP contribution in [0.5, 0.6) is 0 Å². The van der Waals surface area contributed by atoms with Crippen LogP contribution in [0.15, 0.2) is 144 Å². The molecule has 0 spiro atoms. The van der Waals surface area contributed by atoms with Gasteiger partial charge in [0, 0.05) is 53.4 Å². The van der Waals surface area contributed by atoms with Gasteiger partial charge in [-0.15, -0.1) is 11.3 Å². The Hall–Kier alpha value is -5.38. The smallest absolute Gasteiger partial charge is 0.136 e. The van der Waals surface area contributed by atoms with Crippen LogP contribution in [-0.2, 0) is 0 Å². The van der Waals surface area contributed by atoms with Crippen LogP contribution in [0.25, 0.3) is 75.1 Å². The average molecular weight is 566 g/mol. The Bertz CT molecular complexity index is 2570. The van der Waals surface area contributed by atoms with Gasteiger partial charge in [-0.2, -0.15) is 0 Å². The van der Waals surface area contributed by atoms with E-state index >= 15 is 0 Å². The largest absolute Gasteiger partial charge is 0.456 e. The van der Waals surface area contributed by atoms with Gasteiger partial charge in [-0.05, 0) is 88.3 Å². The molecule has 0 radical (unpaired) electrons. The molecule has 0 saturated carbocycles. The predicted molar refractivity (Wildman–Crippen MR) is 183 cm³/mol. The third-order valence-corrected chi connectivity index (χ3v) is 10.1. The van der Waals surface area contributed by atoms with Crippen molar-refractivity contribution in [2.45, 2.75) is 0 Å². The lowest BCUT2D eigenvalue weighted by Crippen LogP contribution is -2.10. The summed E-state index contributed by atoms with van der Waals surface area (Å²) in [7, 11) is 0. The third kappa shape index (κ3) is 3.23. The highest BCUT2D eigenvalue weighted by atomic mass is 32.1. The topological polar surface area (TPSA) is 16.4 Å². The summed E-state index contributed by atoms with van der Waals surface area (Å²) in [5.74, 6) is 0. The van der Waals surface area contributed by atoms with Gasteiger partial charge in [0.1, 0.15) is 11.2 Å². The van der Waals surface area contributed by atoms with Crippen LogP contribution in [0.3, 0.4) is 0 Å². The second-order valence-corrected chi connectivity index (χ2v) is 12.4. The summed E-state index contributed by atoms with van der Waals surface area (Å²) in [4.78, 5) is 2.38. The van der Waals surface area contributed by atoms with Crippen LogP contribution in [0.1, 0.15) is 0 Å². The van der Waals surface area contributed by atoms with Gasteiger partial charge < -0.3 is 9.32 Å². The first kappa shape index (κ1) is 23.2. The zero-order valence-corrected chi connectivity index (χ0v) is 23.9. The second-order valence-electron chi connectivity index (χ2n) is 11.3. The number of thiophene rings is 1. The van der Waals surface area contributed by atoms with Gasteiger partial charge in [-0.25, -0.2) is 0 Å². The van der Waals surface area contributed by atoms with E-state index in [-0.39, 0.29) is 0 Å². The summed E-state index contributed by atoms with van der Waals surface area (Å²) in [6.07, 6.45) is 0. The van der Waals surface area contributed by atoms with Crippen LogP contribution < -0.4 is 4.90 Å². The van der Waals surface area contributed by atoms with Crippen molar-refractivity contribution in [2.24, 2.45) is 0 Å². The van der Waals surface area contributed by atoms with E-state index in [0.29, 0.717) is 0 Å². The van der Waals surface area contributed by atoms with Crippen molar-refractivity contribution >= 4 is 81.3 Å². The minimum absolute atomic E-state index is 0.933. The van der Waals surface area contributed by atoms with Crippen LogP contribution in [0.2, 0.25) is 0 Å². The summed E-state index contributed by atoms with van der Waals surface area (Å²) >= 11 is 1.85. The Morgan fingerprint density at radius 2 is 1.16 bits per heavy atom. The van der Waals surface area contributed by atoms with Gasteiger partial charge in [0.15, 0.2) is 0 Å². The molecule has 0 amide bonds. The number of anilines is 3. The molecule has 0 unspecified atom stereocenters. The van der Waals surface area contributed by atoms with Crippen LogP contribution in [-0.4, -0.2) is 0 Å². The molecule has 3 heteroatoms. The molecular formula is C40H23NOS. The molecule has 0 aliphatic heterocycles. The Labute approximate surface area is 251 Å². The molecule has 0 N–H and O–H groups in total. The summed E-state index contributed by atoms with van der Waals surface area (Å²) < 4.78 is 9.05. The molecule has 0 fully saturated rings. The summed E-state index contributed by atoms with van der Waals surface area (Å²) in [5.41, 5.74) is 10.2. The molecule has 0 atom stereocenters. The minimum Gasteiger partial charge on any atom is -0.456 e. The molecule has 200 valence electrons. The van der Waals surface area contributed by atoms with Gasteiger partial charge in [0.2, 0.25) is 0 Å². The van der Waals surface area contributed by atoms with E-state index in [4.69, 9.17) is 4.42 Å². The molecular weight excluding hydrogens is 543 g/mol. The normalized spacial score (nSPS) is 12.2. The molecule has 1 aliphatic carbocycles. The first-order valence-corrected chi connectivity index (χ1v) is 15.4. The van der Waals surface area contributed by atoms with Crippen molar-refractivity contribution < 1.29 is 4.42 Å². The monoisotopic (exact) mass is 565 g/mol. The van der Waals surface area contributed by atoms with Crippen LogP contribution in [0.4, 0.5) is 17.1 Å². The van der Waals surface area contributed by atoms with Gasteiger partial charge in [-0.1, -0.05) is 78.9 Å². The fourth-order valence-corrected chi connectivity index (χ4v) is 8.23. The molecule has 9 aromatic rings. The number of para-hydroxylation sites is 1. The van der Waals surface area contributed by atoms with Crippen LogP contribution >= 0.6 is 11.3 Å². The maximum Gasteiger partial charge on any atom is 0.136 e. The van der Waals surface area contributed by atoms with Crippen molar-refractivity contribution in [3.05, 3.63) is 140 Å². The highest BCUT2D eigenvalue weighted by Gasteiger charge is 2.25. The molecule has 10 rings (SSSR count). The Morgan fingerprint density at radius 1 is 0.419 bits per heavy atom. The molecule has 2 nitrogen and oxygen atoms in total. The van der Waals surface area contributed by atoms with Gasteiger partial charge in [-0.3, -0.25) is 0 Å². The lowest BCUT2D eigenvalue weighted by Gasteiger charge is -2.27. The fourth-order valence-electron chi connectivity index (χ4n) is 7.14. The molecule has 2 heterocycles. The maximum atomic E-state index is 6.42. The first-order chi connectivity index (χ1) is 21.3. The molecule has 7 aromatic carbocycles. The summed E-state index contributed by atoms with van der Waals surface area (Å²) in [6, 6.07) is 50.7. The number of hydrogen-bond donors (Lipinski definition) is 0. The lowest BCUT2D eigenvalue weighted by atomic mass is 9.92. The van der Waals surface area contributed by atoms with Crippen molar-refractivity contribution in [2.75, 3.05) is 4.90 Å². The fraction of sp³-hybridized carbons (Fsp3) is 0. The number of nitrogens with zero attached hydrogens (tertiary/aromatic N) is 1. The number of furan rings is 1. The quantitative estimate of drug-likeness (QED) is 0.212. The van der Waals surface area contributed by atoms with E-state index in [2.05, 4.69) is 144 Å². The van der Waals surface area contributed by atoms with Gasteiger partial charge >= 0.3 is 0 Å². The van der Waals surface area contributed by atoms with Crippen molar-refractivity contribution in [1.29, 1.82) is 0 Å². The maximum absolute atomic E-state index is 6.42. The molecule has 43 heavy (non-hydrogen) atoms. The average Bonchev–Trinajstić information content (AvgIpc) is 3.60. The van der Waals surface area contributed by atoms with Crippen molar-refractivity contribution in [3.8, 4) is 22.3 Å². The molecule has 0 bridgehead atoms. The van der Waals surface area contributed by atoms with Crippen LogP contribution in [0, 0.1) is 0 Å². The van der Waals surface area contributed by atoms with E-state index in [9.17, 15) is 0 Å². The van der Waals surface area contributed by atoms with E-state index in [1.165, 1.54) is 64.0 Å². The Balaban J connectivity index is 1.27.